The lowest BCUT2D eigenvalue weighted by atomic mass is 10.1. The Bertz CT molecular complexity index is 481. The van der Waals surface area contributed by atoms with Crippen molar-refractivity contribution < 1.29 is 13.9 Å². The Balaban J connectivity index is 2.40. The molecule has 0 saturated heterocycles. The number of carbonyl (C=O) groups is 1. The van der Waals surface area contributed by atoms with Gasteiger partial charge in [0.1, 0.15) is 0 Å². The van der Waals surface area contributed by atoms with Gasteiger partial charge in [-0.2, -0.15) is 5.26 Å². The van der Waals surface area contributed by atoms with Crippen molar-refractivity contribution in [1.29, 1.82) is 5.26 Å². The number of benzene rings is 1. The van der Waals surface area contributed by atoms with Crippen LogP contribution in [0.3, 0.4) is 0 Å². The highest BCUT2D eigenvalue weighted by Crippen LogP contribution is 2.17. The molecule has 5 heteroatoms. The summed E-state index contributed by atoms with van der Waals surface area (Å²) in [6.45, 7) is 4.47. The third-order valence-electron chi connectivity index (χ3n) is 2.46. The van der Waals surface area contributed by atoms with Gasteiger partial charge < -0.3 is 10.1 Å². The summed E-state index contributed by atoms with van der Waals surface area (Å²) in [5.41, 5.74) is 0.214. The smallest absolute Gasteiger partial charge is 0.257 e. The predicted molar refractivity (Wildman–Crippen MR) is 69.1 cm³/mol. The molecule has 0 unspecified atom stereocenters. The van der Waals surface area contributed by atoms with Crippen molar-refractivity contribution in [2.45, 2.75) is 20.3 Å². The molecule has 0 bridgehead atoms. The fraction of sp³-hybridized carbons (Fsp3) is 0.429. The number of hydrogen-bond acceptors (Lipinski definition) is 3. The summed E-state index contributed by atoms with van der Waals surface area (Å²) in [7, 11) is 0. The van der Waals surface area contributed by atoms with Crippen LogP contribution in [0.1, 0.15) is 25.8 Å². The lowest BCUT2D eigenvalue weighted by molar-refractivity contribution is -0.123. The Kier molecular flexibility index (Phi) is 5.80. The molecule has 1 rings (SSSR count). The van der Waals surface area contributed by atoms with Gasteiger partial charge in [-0.05, 0) is 30.5 Å². The molecule has 0 aliphatic carbocycles. The van der Waals surface area contributed by atoms with E-state index in [0.29, 0.717) is 12.5 Å². The molecule has 0 heterocycles. The van der Waals surface area contributed by atoms with E-state index in [2.05, 4.69) is 19.2 Å². The zero-order chi connectivity index (χ0) is 14.3. The van der Waals surface area contributed by atoms with Gasteiger partial charge in [-0.15, -0.1) is 0 Å². The van der Waals surface area contributed by atoms with Gasteiger partial charge in [0.15, 0.2) is 18.2 Å². The average molecular weight is 264 g/mol. The van der Waals surface area contributed by atoms with Crippen LogP contribution in [0.15, 0.2) is 18.2 Å². The third-order valence-corrected chi connectivity index (χ3v) is 2.46. The number of nitrogens with one attached hydrogen (secondary N) is 1. The van der Waals surface area contributed by atoms with E-state index in [1.54, 1.807) is 0 Å². The van der Waals surface area contributed by atoms with E-state index in [4.69, 9.17) is 10.00 Å². The Morgan fingerprint density at radius 3 is 2.84 bits per heavy atom. The van der Waals surface area contributed by atoms with E-state index in [1.807, 2.05) is 6.07 Å². The van der Waals surface area contributed by atoms with Gasteiger partial charge >= 0.3 is 0 Å². The van der Waals surface area contributed by atoms with Crippen LogP contribution in [-0.2, 0) is 4.79 Å². The lowest BCUT2D eigenvalue weighted by Gasteiger charge is -2.09. The number of rotatable bonds is 6. The zero-order valence-electron chi connectivity index (χ0n) is 11.1. The molecule has 0 aliphatic rings. The monoisotopic (exact) mass is 264 g/mol. The van der Waals surface area contributed by atoms with Gasteiger partial charge in [-0.25, -0.2) is 4.39 Å². The van der Waals surface area contributed by atoms with Crippen molar-refractivity contribution in [1.82, 2.24) is 5.32 Å². The first kappa shape index (κ1) is 15.0. The molecular formula is C14H17FN2O2. The fourth-order valence-electron chi connectivity index (χ4n) is 1.38. The van der Waals surface area contributed by atoms with Gasteiger partial charge in [-0.1, -0.05) is 13.8 Å². The highest BCUT2D eigenvalue weighted by Gasteiger charge is 2.07. The third kappa shape index (κ3) is 5.38. The highest BCUT2D eigenvalue weighted by molar-refractivity contribution is 5.77. The Morgan fingerprint density at radius 1 is 1.53 bits per heavy atom. The second-order valence-corrected chi connectivity index (χ2v) is 4.58. The second kappa shape index (κ2) is 7.37. The summed E-state index contributed by atoms with van der Waals surface area (Å²) in [5, 5.41) is 11.3. The summed E-state index contributed by atoms with van der Waals surface area (Å²) >= 11 is 0. The Hall–Kier alpha value is -2.09. The summed E-state index contributed by atoms with van der Waals surface area (Å²) in [6, 6.07) is 5.68. The van der Waals surface area contributed by atoms with Crippen LogP contribution in [0.25, 0.3) is 0 Å². The van der Waals surface area contributed by atoms with Crippen LogP contribution < -0.4 is 10.1 Å². The molecule has 0 spiro atoms. The number of amides is 1. The normalized spacial score (nSPS) is 10.1. The van der Waals surface area contributed by atoms with Gasteiger partial charge in [0.25, 0.3) is 5.91 Å². The molecule has 0 fully saturated rings. The van der Waals surface area contributed by atoms with Crippen molar-refractivity contribution in [2.24, 2.45) is 5.92 Å². The van der Waals surface area contributed by atoms with Gasteiger partial charge in [-0.3, -0.25) is 4.79 Å². The van der Waals surface area contributed by atoms with E-state index < -0.39 is 5.82 Å². The van der Waals surface area contributed by atoms with Gasteiger partial charge in [0.05, 0.1) is 11.6 Å². The van der Waals surface area contributed by atoms with Crippen molar-refractivity contribution in [2.75, 3.05) is 13.2 Å². The summed E-state index contributed by atoms with van der Waals surface area (Å²) < 4.78 is 18.5. The van der Waals surface area contributed by atoms with Crippen LogP contribution in [0.5, 0.6) is 5.75 Å². The molecule has 19 heavy (non-hydrogen) atoms. The number of carbonyl (C=O) groups excluding carboxylic acids is 1. The quantitative estimate of drug-likeness (QED) is 0.857. The second-order valence-electron chi connectivity index (χ2n) is 4.58. The average Bonchev–Trinajstić information content (AvgIpc) is 2.36. The fourth-order valence-corrected chi connectivity index (χ4v) is 1.38. The Labute approximate surface area is 112 Å². The minimum absolute atomic E-state index is 0.0296. The SMILES string of the molecule is CC(C)CCNC(=O)COc1ccc(C#N)cc1F. The van der Waals surface area contributed by atoms with Crippen LogP contribution in [0.2, 0.25) is 0 Å². The Morgan fingerprint density at radius 2 is 2.26 bits per heavy atom. The molecule has 0 saturated carbocycles. The number of nitrogens with zero attached hydrogens (tertiary/aromatic N) is 1. The molecule has 4 nitrogen and oxygen atoms in total. The zero-order valence-corrected chi connectivity index (χ0v) is 11.1. The van der Waals surface area contributed by atoms with Gasteiger partial charge in [0.2, 0.25) is 0 Å². The molecule has 0 aromatic heterocycles. The number of halogens is 1. The number of nitriles is 1. The lowest BCUT2D eigenvalue weighted by Crippen LogP contribution is -2.30. The standard InChI is InChI=1S/C14H17FN2O2/c1-10(2)5-6-17-14(18)9-19-13-4-3-11(8-16)7-12(13)15/h3-4,7,10H,5-6,9H2,1-2H3,(H,17,18). The summed E-state index contributed by atoms with van der Waals surface area (Å²) in [4.78, 5) is 11.4. The molecule has 0 aliphatic heterocycles. The summed E-state index contributed by atoms with van der Waals surface area (Å²) in [6.07, 6.45) is 0.886. The van der Waals surface area contributed by atoms with Crippen molar-refractivity contribution in [3.05, 3.63) is 29.6 Å². The topological polar surface area (TPSA) is 62.1 Å². The highest BCUT2D eigenvalue weighted by atomic mass is 19.1. The number of hydrogen-bond donors (Lipinski definition) is 1. The molecule has 1 amide bonds. The molecular weight excluding hydrogens is 247 g/mol. The van der Waals surface area contributed by atoms with E-state index >= 15 is 0 Å². The van der Waals surface area contributed by atoms with Crippen LogP contribution >= 0.6 is 0 Å². The maximum absolute atomic E-state index is 13.4. The first-order chi connectivity index (χ1) is 9.02. The number of ether oxygens (including phenoxy) is 1. The molecule has 102 valence electrons. The van der Waals surface area contributed by atoms with Crippen molar-refractivity contribution in [3.63, 3.8) is 0 Å². The van der Waals surface area contributed by atoms with Crippen molar-refractivity contribution >= 4 is 5.91 Å². The van der Waals surface area contributed by atoms with E-state index in [9.17, 15) is 9.18 Å². The van der Waals surface area contributed by atoms with Crippen LogP contribution in [0, 0.1) is 23.1 Å². The first-order valence-electron chi connectivity index (χ1n) is 6.12. The largest absolute Gasteiger partial charge is 0.481 e. The summed E-state index contributed by atoms with van der Waals surface area (Å²) in [5.74, 6) is -0.450. The molecule has 1 N–H and O–H groups in total. The van der Waals surface area contributed by atoms with Crippen molar-refractivity contribution in [3.8, 4) is 11.8 Å². The molecule has 0 radical (unpaired) electrons. The molecule has 1 aromatic carbocycles. The van der Waals surface area contributed by atoms with Crippen LogP contribution in [-0.4, -0.2) is 19.1 Å². The van der Waals surface area contributed by atoms with Gasteiger partial charge in [0, 0.05) is 6.54 Å². The minimum Gasteiger partial charge on any atom is -0.481 e. The minimum atomic E-state index is -0.644. The van der Waals surface area contributed by atoms with E-state index in [0.717, 1.165) is 12.5 Å². The maximum atomic E-state index is 13.4. The molecule has 1 aromatic rings. The van der Waals surface area contributed by atoms with Crippen LogP contribution in [0.4, 0.5) is 4.39 Å². The van der Waals surface area contributed by atoms with E-state index in [-0.39, 0.29) is 23.8 Å². The van der Waals surface area contributed by atoms with E-state index in [1.165, 1.54) is 12.1 Å². The first-order valence-corrected chi connectivity index (χ1v) is 6.12. The maximum Gasteiger partial charge on any atom is 0.257 e. The predicted octanol–water partition coefficient (Wildman–Crippen LogP) is 2.24. The molecule has 0 atom stereocenters.